The zero-order chi connectivity index (χ0) is 22.3. The van der Waals surface area contributed by atoms with Crippen molar-refractivity contribution in [2.24, 2.45) is 4.99 Å². The molecule has 2 aromatic carbocycles. The van der Waals surface area contributed by atoms with Crippen LogP contribution < -0.4 is 10.6 Å². The van der Waals surface area contributed by atoms with Crippen LogP contribution in [-0.2, 0) is 23.1 Å². The minimum absolute atomic E-state index is 0.279. The van der Waals surface area contributed by atoms with Crippen LogP contribution in [0, 0.1) is 0 Å². The number of nitrogens with one attached hydrogen (secondary N) is 2. The molecule has 0 unspecified atom stereocenters. The van der Waals surface area contributed by atoms with Gasteiger partial charge in [0.25, 0.3) is 0 Å². The Labute approximate surface area is 184 Å². The first kappa shape index (κ1) is 22.8. The lowest BCUT2D eigenvalue weighted by Crippen LogP contribution is -2.38. The SMILES string of the molecule is CCNC(=NCc1ccccc1S(=O)(=O)N(C)C)NCCCn1ccc2ccccc21. The summed E-state index contributed by atoms with van der Waals surface area (Å²) in [6, 6.07) is 17.5. The van der Waals surface area contributed by atoms with Gasteiger partial charge in [0.05, 0.1) is 11.4 Å². The summed E-state index contributed by atoms with van der Waals surface area (Å²) in [4.78, 5) is 4.90. The van der Waals surface area contributed by atoms with E-state index < -0.39 is 10.0 Å². The molecule has 3 aromatic rings. The van der Waals surface area contributed by atoms with E-state index in [2.05, 4.69) is 56.7 Å². The first-order valence-electron chi connectivity index (χ1n) is 10.5. The molecule has 166 valence electrons. The van der Waals surface area contributed by atoms with Crippen molar-refractivity contribution in [3.8, 4) is 0 Å². The van der Waals surface area contributed by atoms with E-state index in [9.17, 15) is 8.42 Å². The van der Waals surface area contributed by atoms with Crippen molar-refractivity contribution in [3.63, 3.8) is 0 Å². The van der Waals surface area contributed by atoms with E-state index >= 15 is 0 Å². The summed E-state index contributed by atoms with van der Waals surface area (Å²) in [5, 5.41) is 7.82. The molecule has 8 heteroatoms. The Hall–Kier alpha value is -2.84. The number of hydrogen-bond acceptors (Lipinski definition) is 3. The third-order valence-corrected chi connectivity index (χ3v) is 6.95. The maximum atomic E-state index is 12.6. The zero-order valence-corrected chi connectivity index (χ0v) is 19.2. The van der Waals surface area contributed by atoms with Crippen LogP contribution in [0.3, 0.4) is 0 Å². The van der Waals surface area contributed by atoms with Crippen molar-refractivity contribution in [3.05, 3.63) is 66.4 Å². The Morgan fingerprint density at radius 2 is 1.77 bits per heavy atom. The van der Waals surface area contributed by atoms with Crippen LogP contribution in [0.4, 0.5) is 0 Å². The van der Waals surface area contributed by atoms with Gasteiger partial charge in [-0.15, -0.1) is 0 Å². The fraction of sp³-hybridized carbons (Fsp3) is 0.348. The number of aliphatic imine (C=N–C) groups is 1. The molecule has 0 radical (unpaired) electrons. The summed E-state index contributed by atoms with van der Waals surface area (Å²) in [6.45, 7) is 4.68. The van der Waals surface area contributed by atoms with Crippen molar-refractivity contribution in [2.45, 2.75) is 31.3 Å². The summed E-state index contributed by atoms with van der Waals surface area (Å²) in [5.41, 5.74) is 1.91. The highest BCUT2D eigenvalue weighted by molar-refractivity contribution is 7.89. The molecule has 0 saturated heterocycles. The van der Waals surface area contributed by atoms with Gasteiger partial charge in [-0.3, -0.25) is 0 Å². The van der Waals surface area contributed by atoms with E-state index in [0.29, 0.717) is 16.4 Å². The summed E-state index contributed by atoms with van der Waals surface area (Å²) < 4.78 is 28.6. The van der Waals surface area contributed by atoms with Crippen LogP contribution in [0.2, 0.25) is 0 Å². The topological polar surface area (TPSA) is 78.7 Å². The highest BCUT2D eigenvalue weighted by Gasteiger charge is 2.20. The predicted molar refractivity (Wildman–Crippen MR) is 127 cm³/mol. The maximum Gasteiger partial charge on any atom is 0.242 e. The van der Waals surface area contributed by atoms with E-state index in [1.807, 2.05) is 13.0 Å². The molecule has 0 fully saturated rings. The number of sulfonamides is 1. The van der Waals surface area contributed by atoms with E-state index in [1.54, 1.807) is 18.2 Å². The number of para-hydroxylation sites is 1. The van der Waals surface area contributed by atoms with E-state index in [0.717, 1.165) is 26.1 Å². The monoisotopic (exact) mass is 441 g/mol. The number of rotatable bonds is 9. The lowest BCUT2D eigenvalue weighted by Gasteiger charge is -2.15. The fourth-order valence-corrected chi connectivity index (χ4v) is 4.49. The third kappa shape index (κ3) is 5.65. The Kier molecular flexibility index (Phi) is 7.70. The van der Waals surface area contributed by atoms with Gasteiger partial charge in [0.15, 0.2) is 5.96 Å². The van der Waals surface area contributed by atoms with Crippen LogP contribution in [0.15, 0.2) is 70.7 Å². The van der Waals surface area contributed by atoms with E-state index in [1.165, 1.54) is 29.3 Å². The van der Waals surface area contributed by atoms with Crippen molar-refractivity contribution < 1.29 is 8.42 Å². The quantitative estimate of drug-likeness (QED) is 0.304. The van der Waals surface area contributed by atoms with Gasteiger partial charge in [-0.05, 0) is 42.5 Å². The minimum atomic E-state index is -3.51. The average Bonchev–Trinajstić information content (AvgIpc) is 3.18. The van der Waals surface area contributed by atoms with Gasteiger partial charge in [0, 0.05) is 45.4 Å². The van der Waals surface area contributed by atoms with Crippen LogP contribution >= 0.6 is 0 Å². The molecule has 3 rings (SSSR count). The number of fused-ring (bicyclic) bond motifs is 1. The molecular weight excluding hydrogens is 410 g/mol. The molecule has 0 aliphatic carbocycles. The summed E-state index contributed by atoms with van der Waals surface area (Å²) in [5.74, 6) is 0.678. The molecule has 7 nitrogen and oxygen atoms in total. The smallest absolute Gasteiger partial charge is 0.242 e. The van der Waals surface area contributed by atoms with Crippen molar-refractivity contribution in [1.29, 1.82) is 0 Å². The minimum Gasteiger partial charge on any atom is -0.357 e. The predicted octanol–water partition coefficient (Wildman–Crippen LogP) is 3.04. The number of aromatic nitrogens is 1. The second-order valence-electron chi connectivity index (χ2n) is 7.44. The average molecular weight is 442 g/mol. The molecule has 2 N–H and O–H groups in total. The molecule has 1 aromatic heterocycles. The lowest BCUT2D eigenvalue weighted by molar-refractivity contribution is 0.519. The third-order valence-electron chi connectivity index (χ3n) is 5.03. The number of guanidine groups is 1. The second-order valence-corrected chi connectivity index (χ2v) is 9.56. The van der Waals surface area contributed by atoms with Crippen molar-refractivity contribution in [2.75, 3.05) is 27.2 Å². The number of aryl methyl sites for hydroxylation is 1. The standard InChI is InChI=1S/C23H31N5O2S/c1-4-24-23(25-15-9-16-28-17-14-19-10-5-7-12-21(19)28)26-18-20-11-6-8-13-22(20)31(29,30)27(2)3/h5-8,10-14,17H,4,9,15-16,18H2,1-3H3,(H2,24,25,26). The Morgan fingerprint density at radius 1 is 1.03 bits per heavy atom. The summed E-state index contributed by atoms with van der Waals surface area (Å²) in [7, 11) is -0.438. The van der Waals surface area contributed by atoms with Gasteiger partial charge in [-0.25, -0.2) is 17.7 Å². The molecular formula is C23H31N5O2S. The Bertz CT molecular complexity index is 1140. The normalized spacial score (nSPS) is 12.5. The zero-order valence-electron chi connectivity index (χ0n) is 18.4. The molecule has 0 aliphatic rings. The Balaban J connectivity index is 1.62. The molecule has 31 heavy (non-hydrogen) atoms. The molecule has 0 bridgehead atoms. The number of nitrogens with zero attached hydrogens (tertiary/aromatic N) is 3. The van der Waals surface area contributed by atoms with Gasteiger partial charge in [0.1, 0.15) is 0 Å². The van der Waals surface area contributed by atoms with Crippen LogP contribution in [-0.4, -0.2) is 50.4 Å². The van der Waals surface area contributed by atoms with Gasteiger partial charge in [-0.2, -0.15) is 0 Å². The summed E-state index contributed by atoms with van der Waals surface area (Å²) in [6.07, 6.45) is 3.06. The summed E-state index contributed by atoms with van der Waals surface area (Å²) >= 11 is 0. The van der Waals surface area contributed by atoms with Crippen LogP contribution in [0.25, 0.3) is 10.9 Å². The molecule has 0 atom stereocenters. The van der Waals surface area contributed by atoms with Crippen molar-refractivity contribution >= 4 is 26.9 Å². The van der Waals surface area contributed by atoms with Gasteiger partial charge >= 0.3 is 0 Å². The van der Waals surface area contributed by atoms with Crippen LogP contribution in [0.1, 0.15) is 18.9 Å². The highest BCUT2D eigenvalue weighted by Crippen LogP contribution is 2.19. The molecule has 1 heterocycles. The molecule has 0 spiro atoms. The molecule has 0 amide bonds. The second kappa shape index (κ2) is 10.5. The van der Waals surface area contributed by atoms with Gasteiger partial charge in [-0.1, -0.05) is 36.4 Å². The van der Waals surface area contributed by atoms with Gasteiger partial charge in [0.2, 0.25) is 10.0 Å². The first-order valence-corrected chi connectivity index (χ1v) is 11.9. The number of benzene rings is 2. The fourth-order valence-electron chi connectivity index (χ4n) is 3.38. The molecule has 0 saturated carbocycles. The van der Waals surface area contributed by atoms with E-state index in [4.69, 9.17) is 0 Å². The highest BCUT2D eigenvalue weighted by atomic mass is 32.2. The first-order chi connectivity index (χ1) is 14.9. The van der Waals surface area contributed by atoms with Crippen molar-refractivity contribution in [1.82, 2.24) is 19.5 Å². The Morgan fingerprint density at radius 3 is 2.55 bits per heavy atom. The molecule has 0 aliphatic heterocycles. The van der Waals surface area contributed by atoms with E-state index in [-0.39, 0.29) is 6.54 Å². The van der Waals surface area contributed by atoms with Crippen LogP contribution in [0.5, 0.6) is 0 Å². The largest absolute Gasteiger partial charge is 0.357 e. The number of hydrogen-bond donors (Lipinski definition) is 2. The van der Waals surface area contributed by atoms with Gasteiger partial charge < -0.3 is 15.2 Å². The lowest BCUT2D eigenvalue weighted by atomic mass is 10.2. The maximum absolute atomic E-state index is 12.6.